The Kier molecular flexibility index (Phi) is 8.72. The van der Waals surface area contributed by atoms with Crippen LogP contribution in [0.25, 0.3) is 0 Å². The summed E-state index contributed by atoms with van der Waals surface area (Å²) in [7, 11) is 3.17. The van der Waals surface area contributed by atoms with Gasteiger partial charge >= 0.3 is 0 Å². The zero-order valence-electron chi connectivity index (χ0n) is 25.8. The molecule has 6 rings (SSSR count). The van der Waals surface area contributed by atoms with Gasteiger partial charge in [0.2, 0.25) is 11.8 Å². The van der Waals surface area contributed by atoms with Crippen molar-refractivity contribution in [2.24, 2.45) is 0 Å². The van der Waals surface area contributed by atoms with Crippen molar-refractivity contribution in [3.05, 3.63) is 86.9 Å². The van der Waals surface area contributed by atoms with Crippen LogP contribution in [0.3, 0.4) is 0 Å². The number of likely N-dealkylation sites (tertiary alicyclic amines) is 2. The normalized spacial score (nSPS) is 21.2. The molecule has 0 bridgehead atoms. The van der Waals surface area contributed by atoms with Gasteiger partial charge in [0.15, 0.2) is 0 Å². The first kappa shape index (κ1) is 31.2. The van der Waals surface area contributed by atoms with Gasteiger partial charge in [0.05, 0.1) is 20.8 Å². The van der Waals surface area contributed by atoms with E-state index in [1.54, 1.807) is 60.4 Å². The molecular formula is C35H37Cl2N3O5. The number of rotatable bonds is 7. The van der Waals surface area contributed by atoms with Gasteiger partial charge in [-0.15, -0.1) is 0 Å². The molecule has 3 aliphatic heterocycles. The number of benzene rings is 3. The minimum absolute atomic E-state index is 0.0286. The van der Waals surface area contributed by atoms with Crippen molar-refractivity contribution in [2.45, 2.75) is 57.0 Å². The van der Waals surface area contributed by atoms with E-state index in [0.717, 1.165) is 44.3 Å². The van der Waals surface area contributed by atoms with Gasteiger partial charge in [0.1, 0.15) is 23.0 Å². The number of hydrogen-bond donors (Lipinski definition) is 0. The van der Waals surface area contributed by atoms with Crippen molar-refractivity contribution >= 4 is 46.6 Å². The smallest absolute Gasteiger partial charge is 0.254 e. The number of ether oxygens (including phenoxy) is 2. The third kappa shape index (κ3) is 5.52. The Morgan fingerprint density at radius 2 is 1.64 bits per heavy atom. The van der Waals surface area contributed by atoms with Gasteiger partial charge in [-0.1, -0.05) is 23.2 Å². The van der Waals surface area contributed by atoms with Gasteiger partial charge < -0.3 is 24.2 Å². The number of piperidine rings is 1. The molecule has 0 aliphatic carbocycles. The summed E-state index contributed by atoms with van der Waals surface area (Å²) in [6.45, 7) is 4.05. The first-order chi connectivity index (χ1) is 21.7. The third-order valence-electron chi connectivity index (χ3n) is 9.50. The van der Waals surface area contributed by atoms with Crippen molar-refractivity contribution in [1.82, 2.24) is 9.80 Å². The van der Waals surface area contributed by atoms with Crippen LogP contribution in [0.15, 0.2) is 54.6 Å². The van der Waals surface area contributed by atoms with Crippen LogP contribution in [0.2, 0.25) is 10.0 Å². The monoisotopic (exact) mass is 649 g/mol. The Bertz CT molecular complexity index is 1660. The van der Waals surface area contributed by atoms with E-state index in [1.165, 1.54) is 0 Å². The summed E-state index contributed by atoms with van der Waals surface area (Å²) in [5.74, 6) is 0.832. The highest BCUT2D eigenvalue weighted by Gasteiger charge is 2.50. The molecule has 3 aliphatic rings. The number of anilines is 1. The fraction of sp³-hybridized carbons (Fsp3) is 0.400. The fourth-order valence-electron chi connectivity index (χ4n) is 7.00. The second-order valence-electron chi connectivity index (χ2n) is 12.1. The quantitative estimate of drug-likeness (QED) is 0.293. The Morgan fingerprint density at radius 3 is 2.38 bits per heavy atom. The molecule has 0 spiro atoms. The summed E-state index contributed by atoms with van der Waals surface area (Å²) in [5, 5.41) is 0.845. The van der Waals surface area contributed by atoms with Crippen LogP contribution >= 0.6 is 23.2 Å². The predicted octanol–water partition coefficient (Wildman–Crippen LogP) is 6.48. The van der Waals surface area contributed by atoms with Crippen LogP contribution < -0.4 is 14.4 Å². The highest BCUT2D eigenvalue weighted by atomic mass is 35.5. The minimum atomic E-state index is -1.24. The van der Waals surface area contributed by atoms with Crippen LogP contribution in [0.4, 0.5) is 5.69 Å². The maximum atomic E-state index is 14.6. The van der Waals surface area contributed by atoms with Crippen molar-refractivity contribution < 1.29 is 23.9 Å². The molecule has 2 saturated heterocycles. The van der Waals surface area contributed by atoms with Crippen molar-refractivity contribution in [1.29, 1.82) is 0 Å². The van der Waals surface area contributed by atoms with Gasteiger partial charge in [-0.3, -0.25) is 14.4 Å². The van der Waals surface area contributed by atoms with Gasteiger partial charge in [-0.2, -0.15) is 0 Å². The first-order valence-corrected chi connectivity index (χ1v) is 16.2. The van der Waals surface area contributed by atoms with Crippen LogP contribution in [-0.4, -0.2) is 67.4 Å². The van der Waals surface area contributed by atoms with Crippen molar-refractivity contribution in [2.75, 3.05) is 38.8 Å². The van der Waals surface area contributed by atoms with E-state index in [2.05, 4.69) is 0 Å². The van der Waals surface area contributed by atoms with Gasteiger partial charge in [0.25, 0.3) is 5.91 Å². The standard InChI is InChI=1S/C35H37Cl2N3O5/c1-35(27-19-24(36)11-14-29(27)40(34(35)43)21-23-9-12-25(44-2)20-31(23)45-3)26-18-22(10-13-28(26)37)32(41)39-17-5-4-8-30(39)33(42)38-15-6-7-16-38/h9-14,18-20,30H,4-8,15-17,21H2,1-3H3. The molecule has 10 heteroatoms. The van der Waals surface area contributed by atoms with Gasteiger partial charge in [-0.25, -0.2) is 0 Å². The molecule has 8 nitrogen and oxygen atoms in total. The Hall–Kier alpha value is -3.75. The Labute approximate surface area is 273 Å². The number of amides is 3. The molecule has 2 unspecified atom stereocenters. The number of nitrogens with zero attached hydrogens (tertiary/aromatic N) is 3. The largest absolute Gasteiger partial charge is 0.497 e. The molecule has 0 aromatic heterocycles. The molecule has 3 amide bonds. The van der Waals surface area contributed by atoms with Crippen LogP contribution in [-0.2, 0) is 21.5 Å². The van der Waals surface area contributed by atoms with Gasteiger partial charge in [-0.05, 0) is 98.7 Å². The maximum absolute atomic E-state index is 14.6. The number of hydrogen-bond acceptors (Lipinski definition) is 5. The van der Waals surface area contributed by atoms with E-state index in [0.29, 0.717) is 56.9 Å². The van der Waals surface area contributed by atoms with Crippen LogP contribution in [0, 0.1) is 0 Å². The van der Waals surface area contributed by atoms with Crippen molar-refractivity contribution in [3.63, 3.8) is 0 Å². The summed E-state index contributed by atoms with van der Waals surface area (Å²) >= 11 is 13.4. The first-order valence-electron chi connectivity index (χ1n) is 15.4. The molecule has 45 heavy (non-hydrogen) atoms. The lowest BCUT2D eigenvalue weighted by Gasteiger charge is -2.37. The van der Waals surface area contributed by atoms with E-state index in [1.807, 2.05) is 30.0 Å². The lowest BCUT2D eigenvalue weighted by Crippen LogP contribution is -2.52. The zero-order valence-corrected chi connectivity index (χ0v) is 27.3. The van der Waals surface area contributed by atoms with E-state index in [-0.39, 0.29) is 24.3 Å². The van der Waals surface area contributed by atoms with E-state index in [9.17, 15) is 14.4 Å². The average molecular weight is 651 g/mol. The summed E-state index contributed by atoms with van der Waals surface area (Å²) < 4.78 is 11.0. The van der Waals surface area contributed by atoms with E-state index >= 15 is 0 Å². The minimum Gasteiger partial charge on any atom is -0.497 e. The molecule has 3 aromatic rings. The summed E-state index contributed by atoms with van der Waals surface area (Å²) in [6, 6.07) is 15.5. The SMILES string of the molecule is COc1ccc(CN2C(=O)C(C)(c3cc(C(=O)N4CCCCC4C(=O)N4CCCC4)ccc3Cl)c3cc(Cl)ccc32)c(OC)c1. The lowest BCUT2D eigenvalue weighted by atomic mass is 9.76. The summed E-state index contributed by atoms with van der Waals surface area (Å²) in [4.78, 5) is 47.4. The Balaban J connectivity index is 1.37. The van der Waals surface area contributed by atoms with E-state index in [4.69, 9.17) is 32.7 Å². The van der Waals surface area contributed by atoms with Crippen LogP contribution in [0.1, 0.15) is 66.1 Å². The molecule has 2 fully saturated rings. The number of carbonyl (C=O) groups is 3. The number of halogens is 2. The predicted molar refractivity (Wildman–Crippen MR) is 175 cm³/mol. The third-order valence-corrected chi connectivity index (χ3v) is 10.1. The molecule has 0 radical (unpaired) electrons. The molecule has 0 N–H and O–H groups in total. The highest BCUT2D eigenvalue weighted by Crippen LogP contribution is 2.50. The van der Waals surface area contributed by atoms with Gasteiger partial charge in [0, 0.05) is 52.6 Å². The molecule has 3 heterocycles. The van der Waals surface area contributed by atoms with E-state index < -0.39 is 11.5 Å². The van der Waals surface area contributed by atoms with Crippen LogP contribution in [0.5, 0.6) is 11.5 Å². The fourth-order valence-corrected chi connectivity index (χ4v) is 7.47. The molecule has 236 valence electrons. The average Bonchev–Trinajstić information content (AvgIpc) is 3.67. The molecule has 3 aromatic carbocycles. The number of methoxy groups -OCH3 is 2. The topological polar surface area (TPSA) is 79.4 Å². The maximum Gasteiger partial charge on any atom is 0.254 e. The number of carbonyl (C=O) groups excluding carboxylic acids is 3. The lowest BCUT2D eigenvalue weighted by molar-refractivity contribution is -0.136. The Morgan fingerprint density at radius 1 is 0.889 bits per heavy atom. The summed E-state index contributed by atoms with van der Waals surface area (Å²) in [5.41, 5.74) is 1.85. The molecular weight excluding hydrogens is 613 g/mol. The van der Waals surface area contributed by atoms with Crippen molar-refractivity contribution in [3.8, 4) is 11.5 Å². The zero-order chi connectivity index (χ0) is 31.9. The second-order valence-corrected chi connectivity index (χ2v) is 12.9. The number of fused-ring (bicyclic) bond motifs is 1. The molecule has 2 atom stereocenters. The highest BCUT2D eigenvalue weighted by molar-refractivity contribution is 6.33. The summed E-state index contributed by atoms with van der Waals surface area (Å²) in [6.07, 6.45) is 4.37. The molecule has 0 saturated carbocycles. The second kappa shape index (κ2) is 12.6.